The molecular weight excluding hydrogens is 290 g/mol. The van der Waals surface area contributed by atoms with Crippen LogP contribution in [-0.2, 0) is 9.63 Å². The molecule has 0 spiro atoms. The molecule has 0 saturated carbocycles. The summed E-state index contributed by atoms with van der Waals surface area (Å²) < 4.78 is 0. The summed E-state index contributed by atoms with van der Waals surface area (Å²) in [7, 11) is 0. The fourth-order valence-electron chi connectivity index (χ4n) is 3.00. The van der Waals surface area contributed by atoms with Gasteiger partial charge in [-0.15, -0.1) is 0 Å². The zero-order chi connectivity index (χ0) is 16.4. The molecule has 0 radical (unpaired) electrons. The van der Waals surface area contributed by atoms with Gasteiger partial charge in [-0.05, 0) is 31.5 Å². The summed E-state index contributed by atoms with van der Waals surface area (Å²) in [5.41, 5.74) is 0.511. The highest BCUT2D eigenvalue weighted by atomic mass is 16.7. The molecule has 1 aliphatic rings. The number of benzene rings is 2. The van der Waals surface area contributed by atoms with E-state index in [-0.39, 0.29) is 18.4 Å². The highest BCUT2D eigenvalue weighted by molar-refractivity contribution is 5.90. The highest BCUT2D eigenvalue weighted by Gasteiger charge is 2.45. The molecule has 4 heteroatoms. The van der Waals surface area contributed by atoms with Gasteiger partial charge in [-0.2, -0.15) is 0 Å². The monoisotopic (exact) mass is 311 g/mol. The van der Waals surface area contributed by atoms with Crippen LogP contribution in [0.5, 0.6) is 0 Å². The van der Waals surface area contributed by atoms with Crippen molar-refractivity contribution in [3.05, 3.63) is 66.2 Å². The van der Waals surface area contributed by atoms with E-state index < -0.39 is 11.5 Å². The number of nitrogens with zero attached hydrogens (tertiary/aromatic N) is 1. The predicted octanol–water partition coefficient (Wildman–Crippen LogP) is 3.14. The van der Waals surface area contributed by atoms with E-state index in [4.69, 9.17) is 4.84 Å². The Bertz CT molecular complexity index is 664. The van der Waals surface area contributed by atoms with Crippen molar-refractivity contribution in [3.63, 3.8) is 0 Å². The first-order valence-electron chi connectivity index (χ1n) is 7.77. The second-order valence-corrected chi connectivity index (χ2v) is 6.34. The average molecular weight is 311 g/mol. The number of carbonyl (C=O) groups is 1. The molecule has 1 heterocycles. The van der Waals surface area contributed by atoms with Gasteiger partial charge in [0.15, 0.2) is 5.78 Å². The maximum Gasteiger partial charge on any atom is 0.171 e. The van der Waals surface area contributed by atoms with E-state index in [1.165, 1.54) is 13.8 Å². The molecule has 0 aromatic heterocycles. The van der Waals surface area contributed by atoms with Gasteiger partial charge in [0.2, 0.25) is 0 Å². The molecule has 0 unspecified atom stereocenters. The number of anilines is 1. The van der Waals surface area contributed by atoms with Crippen LogP contribution in [0, 0.1) is 5.92 Å². The highest BCUT2D eigenvalue weighted by Crippen LogP contribution is 2.40. The summed E-state index contributed by atoms with van der Waals surface area (Å²) in [6, 6.07) is 19.3. The van der Waals surface area contributed by atoms with Gasteiger partial charge in [0.25, 0.3) is 0 Å². The topological polar surface area (TPSA) is 49.8 Å². The van der Waals surface area contributed by atoms with Crippen molar-refractivity contribution >= 4 is 11.5 Å². The number of hydrogen-bond donors (Lipinski definition) is 1. The van der Waals surface area contributed by atoms with Gasteiger partial charge >= 0.3 is 0 Å². The Labute approximate surface area is 136 Å². The van der Waals surface area contributed by atoms with Crippen LogP contribution in [0.25, 0.3) is 0 Å². The standard InChI is InChI=1S/C19H21NO3/c1-19(2,22)18(21)16-13-23-20(15-11-7-4-8-12-15)17(16)14-9-5-3-6-10-14/h3-12,16-17,22H,13H2,1-2H3/t16-,17+/m0/s1. The van der Waals surface area contributed by atoms with Gasteiger partial charge < -0.3 is 5.11 Å². The van der Waals surface area contributed by atoms with E-state index >= 15 is 0 Å². The van der Waals surface area contributed by atoms with Crippen molar-refractivity contribution in [2.75, 3.05) is 11.7 Å². The Morgan fingerprint density at radius 3 is 2.22 bits per heavy atom. The van der Waals surface area contributed by atoms with E-state index in [2.05, 4.69) is 0 Å². The molecule has 120 valence electrons. The lowest BCUT2D eigenvalue weighted by atomic mass is 9.84. The number of Topliss-reactive ketones (excluding diaryl/α,β-unsaturated/α-hetero) is 1. The van der Waals surface area contributed by atoms with Crippen LogP contribution in [0.4, 0.5) is 5.69 Å². The summed E-state index contributed by atoms with van der Waals surface area (Å²) in [4.78, 5) is 18.5. The van der Waals surface area contributed by atoms with Gasteiger partial charge in [0.05, 0.1) is 24.3 Å². The largest absolute Gasteiger partial charge is 0.383 e. The Balaban J connectivity index is 2.01. The minimum atomic E-state index is -1.38. The van der Waals surface area contributed by atoms with Crippen LogP contribution < -0.4 is 5.06 Å². The first-order valence-corrected chi connectivity index (χ1v) is 7.77. The van der Waals surface area contributed by atoms with Crippen molar-refractivity contribution in [1.29, 1.82) is 0 Å². The number of carbonyl (C=O) groups excluding carboxylic acids is 1. The quantitative estimate of drug-likeness (QED) is 0.942. The van der Waals surface area contributed by atoms with E-state index in [9.17, 15) is 9.90 Å². The third-order valence-corrected chi connectivity index (χ3v) is 4.12. The van der Waals surface area contributed by atoms with Crippen molar-refractivity contribution in [2.24, 2.45) is 5.92 Å². The van der Waals surface area contributed by atoms with Crippen LogP contribution in [0.1, 0.15) is 25.5 Å². The molecule has 2 atom stereocenters. The molecule has 2 aromatic carbocycles. The fourth-order valence-corrected chi connectivity index (χ4v) is 3.00. The zero-order valence-corrected chi connectivity index (χ0v) is 13.3. The Morgan fingerprint density at radius 1 is 1.09 bits per heavy atom. The van der Waals surface area contributed by atoms with Gasteiger partial charge in [-0.25, -0.2) is 5.06 Å². The molecule has 1 aliphatic heterocycles. The molecule has 4 nitrogen and oxygen atoms in total. The summed E-state index contributed by atoms with van der Waals surface area (Å²) in [6.07, 6.45) is 0. The average Bonchev–Trinajstić information content (AvgIpc) is 2.99. The van der Waals surface area contributed by atoms with Crippen molar-refractivity contribution in [2.45, 2.75) is 25.5 Å². The second kappa shape index (κ2) is 6.14. The van der Waals surface area contributed by atoms with Crippen molar-refractivity contribution in [1.82, 2.24) is 0 Å². The normalized spacial score (nSPS) is 21.4. The van der Waals surface area contributed by atoms with E-state index in [0.717, 1.165) is 11.3 Å². The van der Waals surface area contributed by atoms with Gasteiger partial charge in [0, 0.05) is 0 Å². The van der Waals surface area contributed by atoms with Crippen LogP contribution in [0.3, 0.4) is 0 Å². The van der Waals surface area contributed by atoms with Gasteiger partial charge in [-0.1, -0.05) is 48.5 Å². The number of hydrogen-bond acceptors (Lipinski definition) is 4. The number of rotatable bonds is 4. The Kier molecular flexibility index (Phi) is 4.20. The Morgan fingerprint density at radius 2 is 1.65 bits per heavy atom. The van der Waals surface area contributed by atoms with E-state index in [0.29, 0.717) is 0 Å². The first-order chi connectivity index (χ1) is 11.0. The summed E-state index contributed by atoms with van der Waals surface area (Å²) in [5, 5.41) is 11.9. The number of para-hydroxylation sites is 1. The molecule has 0 bridgehead atoms. The zero-order valence-electron chi connectivity index (χ0n) is 13.3. The lowest BCUT2D eigenvalue weighted by Crippen LogP contribution is -2.40. The van der Waals surface area contributed by atoms with Gasteiger partial charge in [-0.3, -0.25) is 9.63 Å². The van der Waals surface area contributed by atoms with Crippen LogP contribution >= 0.6 is 0 Å². The molecule has 3 rings (SSSR count). The molecule has 23 heavy (non-hydrogen) atoms. The third kappa shape index (κ3) is 3.14. The molecule has 2 aromatic rings. The minimum absolute atomic E-state index is 0.204. The van der Waals surface area contributed by atoms with Crippen molar-refractivity contribution < 1.29 is 14.7 Å². The second-order valence-electron chi connectivity index (χ2n) is 6.34. The van der Waals surface area contributed by atoms with Crippen LogP contribution in [-0.4, -0.2) is 23.1 Å². The van der Waals surface area contributed by atoms with Crippen LogP contribution in [0.2, 0.25) is 0 Å². The number of hydroxylamine groups is 1. The summed E-state index contributed by atoms with van der Waals surface area (Å²) in [5.74, 6) is -0.623. The third-order valence-electron chi connectivity index (χ3n) is 4.12. The van der Waals surface area contributed by atoms with Crippen LogP contribution in [0.15, 0.2) is 60.7 Å². The number of aliphatic hydroxyl groups is 1. The smallest absolute Gasteiger partial charge is 0.171 e. The molecule has 0 aliphatic carbocycles. The van der Waals surface area contributed by atoms with Gasteiger partial charge in [0.1, 0.15) is 5.60 Å². The summed E-state index contributed by atoms with van der Waals surface area (Å²) in [6.45, 7) is 3.32. The van der Waals surface area contributed by atoms with Crippen molar-refractivity contribution in [3.8, 4) is 0 Å². The first kappa shape index (κ1) is 15.7. The fraction of sp³-hybridized carbons (Fsp3) is 0.316. The maximum absolute atomic E-state index is 12.7. The predicted molar refractivity (Wildman–Crippen MR) is 88.9 cm³/mol. The molecular formula is C19H21NO3. The van der Waals surface area contributed by atoms with E-state index in [1.807, 2.05) is 60.7 Å². The lowest BCUT2D eigenvalue weighted by Gasteiger charge is -2.29. The number of ketones is 1. The molecule has 1 fully saturated rings. The lowest BCUT2D eigenvalue weighted by molar-refractivity contribution is -0.138. The Hall–Kier alpha value is -2.17. The van der Waals surface area contributed by atoms with E-state index in [1.54, 1.807) is 5.06 Å². The maximum atomic E-state index is 12.7. The summed E-state index contributed by atoms with van der Waals surface area (Å²) >= 11 is 0. The molecule has 0 amide bonds. The SMILES string of the molecule is CC(C)(O)C(=O)[C@H]1CON(c2ccccc2)[C@@H]1c1ccccc1. The molecule has 1 N–H and O–H groups in total. The minimum Gasteiger partial charge on any atom is -0.383 e. The molecule has 1 saturated heterocycles.